The van der Waals surface area contributed by atoms with Crippen LogP contribution in [0.1, 0.15) is 142 Å². The number of carbonyl (C=O) groups is 2. The molecule has 0 saturated carbocycles. The van der Waals surface area contributed by atoms with Crippen molar-refractivity contribution in [3.05, 3.63) is 0 Å². The van der Waals surface area contributed by atoms with Crippen molar-refractivity contribution in [2.45, 2.75) is 142 Å². The SMILES string of the molecule is CCCCCCCCCCN1CCC(=O)CC1.CCCCCCCCCCN1CCCC(=O)C1. The molecule has 2 saturated heterocycles. The van der Waals surface area contributed by atoms with Crippen LogP contribution in [0.25, 0.3) is 0 Å². The van der Waals surface area contributed by atoms with Gasteiger partial charge in [0.1, 0.15) is 11.6 Å². The number of hydrogen-bond acceptors (Lipinski definition) is 4. The Morgan fingerprint density at radius 2 is 0.941 bits per heavy atom. The average molecular weight is 479 g/mol. The lowest BCUT2D eigenvalue weighted by atomic mass is 10.1. The molecule has 2 rings (SSSR count). The maximum absolute atomic E-state index is 11.3. The summed E-state index contributed by atoms with van der Waals surface area (Å²) in [5, 5.41) is 0. The summed E-state index contributed by atoms with van der Waals surface area (Å²) in [6.07, 6.45) is 25.5. The molecular weight excluding hydrogens is 420 g/mol. The quantitative estimate of drug-likeness (QED) is 0.190. The van der Waals surface area contributed by atoms with Crippen LogP contribution in [0.4, 0.5) is 0 Å². The predicted molar refractivity (Wildman–Crippen MR) is 147 cm³/mol. The summed E-state index contributed by atoms with van der Waals surface area (Å²) >= 11 is 0. The topological polar surface area (TPSA) is 40.6 Å². The second-order valence-electron chi connectivity index (χ2n) is 10.7. The molecule has 0 unspecified atom stereocenters. The summed E-state index contributed by atoms with van der Waals surface area (Å²) in [6.45, 7) is 10.8. The van der Waals surface area contributed by atoms with Crippen LogP contribution in [-0.2, 0) is 9.59 Å². The first-order chi connectivity index (χ1) is 16.7. The zero-order valence-electron chi connectivity index (χ0n) is 23.1. The van der Waals surface area contributed by atoms with Crippen molar-refractivity contribution >= 4 is 11.6 Å². The maximum atomic E-state index is 11.3. The zero-order chi connectivity index (χ0) is 24.7. The summed E-state index contributed by atoms with van der Waals surface area (Å²) in [6, 6.07) is 0. The average Bonchev–Trinajstić information content (AvgIpc) is 2.84. The molecule has 2 aliphatic heterocycles. The van der Waals surface area contributed by atoms with Gasteiger partial charge in [-0.15, -0.1) is 0 Å². The van der Waals surface area contributed by atoms with Gasteiger partial charge in [0.05, 0.1) is 6.54 Å². The van der Waals surface area contributed by atoms with E-state index in [1.807, 2.05) is 0 Å². The van der Waals surface area contributed by atoms with E-state index in [-0.39, 0.29) is 0 Å². The summed E-state index contributed by atoms with van der Waals surface area (Å²) in [4.78, 5) is 27.1. The molecule has 0 aromatic rings. The van der Waals surface area contributed by atoms with E-state index in [2.05, 4.69) is 23.6 Å². The number of nitrogens with zero attached hydrogens (tertiary/aromatic N) is 2. The Bertz CT molecular complexity index is 484. The van der Waals surface area contributed by atoms with Gasteiger partial charge in [0.2, 0.25) is 0 Å². The minimum absolute atomic E-state index is 0.441. The van der Waals surface area contributed by atoms with E-state index in [0.29, 0.717) is 11.6 Å². The van der Waals surface area contributed by atoms with E-state index in [0.717, 1.165) is 58.4 Å². The van der Waals surface area contributed by atoms with Crippen molar-refractivity contribution < 1.29 is 9.59 Å². The molecule has 0 atom stereocenters. The van der Waals surface area contributed by atoms with Crippen molar-refractivity contribution in [2.24, 2.45) is 0 Å². The first kappa shape index (κ1) is 31.3. The molecular formula is C30H58N2O2. The molecule has 0 amide bonds. The van der Waals surface area contributed by atoms with Gasteiger partial charge in [0.15, 0.2) is 0 Å². The highest BCUT2D eigenvalue weighted by atomic mass is 16.1. The largest absolute Gasteiger partial charge is 0.302 e. The van der Waals surface area contributed by atoms with E-state index >= 15 is 0 Å². The number of likely N-dealkylation sites (tertiary alicyclic amines) is 2. The van der Waals surface area contributed by atoms with Gasteiger partial charge in [-0.3, -0.25) is 14.5 Å². The van der Waals surface area contributed by atoms with Gasteiger partial charge in [0.25, 0.3) is 0 Å². The molecule has 0 radical (unpaired) electrons. The minimum atomic E-state index is 0.441. The normalized spacial score (nSPS) is 17.6. The summed E-state index contributed by atoms with van der Waals surface area (Å²) in [5.74, 6) is 0.896. The van der Waals surface area contributed by atoms with Gasteiger partial charge in [-0.2, -0.15) is 0 Å². The third kappa shape index (κ3) is 18.6. The molecule has 34 heavy (non-hydrogen) atoms. The van der Waals surface area contributed by atoms with Gasteiger partial charge in [-0.25, -0.2) is 0 Å². The zero-order valence-corrected chi connectivity index (χ0v) is 23.1. The number of Topliss-reactive ketones (excluding diaryl/α,β-unsaturated/α-hetero) is 2. The molecule has 0 aromatic heterocycles. The van der Waals surface area contributed by atoms with E-state index < -0.39 is 0 Å². The minimum Gasteiger partial charge on any atom is -0.302 e. The van der Waals surface area contributed by atoms with Crippen LogP contribution in [-0.4, -0.2) is 60.6 Å². The summed E-state index contributed by atoms with van der Waals surface area (Å²) in [5.41, 5.74) is 0. The van der Waals surface area contributed by atoms with Gasteiger partial charge < -0.3 is 4.90 Å². The Labute approximate surface area is 212 Å². The summed E-state index contributed by atoms with van der Waals surface area (Å²) in [7, 11) is 0. The highest BCUT2D eigenvalue weighted by Gasteiger charge is 2.16. The molecule has 2 heterocycles. The second kappa shape index (κ2) is 22.7. The van der Waals surface area contributed by atoms with E-state index in [9.17, 15) is 9.59 Å². The molecule has 4 heteroatoms. The van der Waals surface area contributed by atoms with Crippen molar-refractivity contribution in [3.63, 3.8) is 0 Å². The van der Waals surface area contributed by atoms with Gasteiger partial charge in [-0.1, -0.05) is 104 Å². The first-order valence-electron chi connectivity index (χ1n) is 15.1. The number of rotatable bonds is 18. The lowest BCUT2D eigenvalue weighted by Crippen LogP contribution is -2.36. The maximum Gasteiger partial charge on any atom is 0.146 e. The fraction of sp³-hybridized carbons (Fsp3) is 0.933. The van der Waals surface area contributed by atoms with E-state index in [1.165, 1.54) is 109 Å². The third-order valence-corrected chi connectivity index (χ3v) is 7.40. The van der Waals surface area contributed by atoms with Crippen LogP contribution in [0.15, 0.2) is 0 Å². The number of carbonyl (C=O) groups excluding carboxylic acids is 2. The molecule has 0 N–H and O–H groups in total. The Balaban J connectivity index is 0.000000340. The number of ketones is 2. The van der Waals surface area contributed by atoms with E-state index in [4.69, 9.17) is 0 Å². The number of hydrogen-bond donors (Lipinski definition) is 0. The summed E-state index contributed by atoms with van der Waals surface area (Å²) < 4.78 is 0. The lowest BCUT2D eigenvalue weighted by Gasteiger charge is -2.25. The van der Waals surface area contributed by atoms with Gasteiger partial charge in [0, 0.05) is 32.4 Å². The number of piperidine rings is 2. The Kier molecular flexibility index (Phi) is 20.9. The Hall–Kier alpha value is -0.740. The van der Waals surface area contributed by atoms with E-state index in [1.54, 1.807) is 0 Å². The number of unbranched alkanes of at least 4 members (excludes halogenated alkanes) is 14. The fourth-order valence-electron chi connectivity index (χ4n) is 5.06. The van der Waals surface area contributed by atoms with Crippen LogP contribution >= 0.6 is 0 Å². The molecule has 0 bridgehead atoms. The second-order valence-corrected chi connectivity index (χ2v) is 10.7. The molecule has 2 fully saturated rings. The van der Waals surface area contributed by atoms with Crippen LogP contribution < -0.4 is 0 Å². The van der Waals surface area contributed by atoms with Crippen molar-refractivity contribution in [1.29, 1.82) is 0 Å². The van der Waals surface area contributed by atoms with Crippen LogP contribution in [0.2, 0.25) is 0 Å². The highest BCUT2D eigenvalue weighted by Crippen LogP contribution is 2.12. The molecule has 0 aliphatic carbocycles. The highest BCUT2D eigenvalue weighted by molar-refractivity contribution is 5.81. The van der Waals surface area contributed by atoms with Crippen LogP contribution in [0.5, 0.6) is 0 Å². The standard InChI is InChI=1S/2C15H29NO/c1-2-3-4-5-6-7-8-9-12-16-13-10-15(17)11-14-16;1-2-3-4-5-6-7-8-9-12-16-13-10-11-15(17)14-16/h2*2-14H2,1H3. The van der Waals surface area contributed by atoms with Crippen LogP contribution in [0, 0.1) is 0 Å². The molecule has 4 nitrogen and oxygen atoms in total. The van der Waals surface area contributed by atoms with Crippen molar-refractivity contribution in [3.8, 4) is 0 Å². The Morgan fingerprint density at radius 3 is 1.41 bits per heavy atom. The van der Waals surface area contributed by atoms with Gasteiger partial charge >= 0.3 is 0 Å². The van der Waals surface area contributed by atoms with Crippen LogP contribution in [0.3, 0.4) is 0 Å². The molecule has 0 aromatic carbocycles. The van der Waals surface area contributed by atoms with Crippen molar-refractivity contribution in [1.82, 2.24) is 9.80 Å². The molecule has 2 aliphatic rings. The monoisotopic (exact) mass is 478 g/mol. The first-order valence-corrected chi connectivity index (χ1v) is 15.1. The van der Waals surface area contributed by atoms with Crippen molar-refractivity contribution in [2.75, 3.05) is 39.3 Å². The Morgan fingerprint density at radius 1 is 0.500 bits per heavy atom. The van der Waals surface area contributed by atoms with Gasteiger partial charge in [-0.05, 0) is 38.9 Å². The lowest BCUT2D eigenvalue weighted by molar-refractivity contribution is -0.122. The fourth-order valence-corrected chi connectivity index (χ4v) is 5.06. The molecule has 0 spiro atoms. The molecule has 200 valence electrons. The third-order valence-electron chi connectivity index (χ3n) is 7.40. The predicted octanol–water partition coefficient (Wildman–Crippen LogP) is 7.58. The smallest absolute Gasteiger partial charge is 0.146 e.